The van der Waals surface area contributed by atoms with Gasteiger partial charge in [-0.25, -0.2) is 8.78 Å². The SMILES string of the molecule is CNCCCNC(=O)c1ccc(-c2ccc(F)cc2C)c(F)c1. The molecule has 2 N–H and O–H groups in total. The zero-order valence-corrected chi connectivity index (χ0v) is 13.2. The van der Waals surface area contributed by atoms with Gasteiger partial charge in [0.2, 0.25) is 0 Å². The largest absolute Gasteiger partial charge is 0.352 e. The molecule has 0 aliphatic carbocycles. The molecule has 0 aromatic heterocycles. The van der Waals surface area contributed by atoms with E-state index in [4.69, 9.17) is 0 Å². The summed E-state index contributed by atoms with van der Waals surface area (Å²) in [7, 11) is 1.84. The Morgan fingerprint density at radius 1 is 1.04 bits per heavy atom. The highest BCUT2D eigenvalue weighted by atomic mass is 19.1. The Morgan fingerprint density at radius 2 is 1.78 bits per heavy atom. The smallest absolute Gasteiger partial charge is 0.251 e. The van der Waals surface area contributed by atoms with Gasteiger partial charge in [0.05, 0.1) is 0 Å². The van der Waals surface area contributed by atoms with Gasteiger partial charge in [0.1, 0.15) is 11.6 Å². The van der Waals surface area contributed by atoms with Crippen molar-refractivity contribution in [2.24, 2.45) is 0 Å². The summed E-state index contributed by atoms with van der Waals surface area (Å²) in [4.78, 5) is 12.0. The number of hydrogen-bond acceptors (Lipinski definition) is 2. The van der Waals surface area contributed by atoms with E-state index in [0.29, 0.717) is 23.2 Å². The van der Waals surface area contributed by atoms with Crippen LogP contribution in [0.5, 0.6) is 0 Å². The summed E-state index contributed by atoms with van der Waals surface area (Å²) in [6.45, 7) is 3.05. The predicted molar refractivity (Wildman–Crippen MR) is 87.4 cm³/mol. The predicted octanol–water partition coefficient (Wildman–Crippen LogP) is 3.28. The van der Waals surface area contributed by atoms with Crippen LogP contribution in [0.1, 0.15) is 22.3 Å². The maximum atomic E-state index is 14.3. The summed E-state index contributed by atoms with van der Waals surface area (Å²) in [5.41, 5.74) is 1.89. The molecular weight excluding hydrogens is 298 g/mol. The first kappa shape index (κ1) is 17.1. The molecule has 0 aliphatic heterocycles. The van der Waals surface area contributed by atoms with Crippen LogP contribution in [-0.4, -0.2) is 26.0 Å². The number of hydrogen-bond donors (Lipinski definition) is 2. The quantitative estimate of drug-likeness (QED) is 0.803. The number of amides is 1. The van der Waals surface area contributed by atoms with Crippen molar-refractivity contribution < 1.29 is 13.6 Å². The molecule has 2 aromatic carbocycles. The molecule has 3 nitrogen and oxygen atoms in total. The molecule has 23 heavy (non-hydrogen) atoms. The Morgan fingerprint density at radius 3 is 2.43 bits per heavy atom. The molecule has 0 spiro atoms. The molecule has 2 rings (SSSR count). The molecule has 1 amide bonds. The second-order valence-electron chi connectivity index (χ2n) is 5.37. The molecular formula is C18H20F2N2O. The van der Waals surface area contributed by atoms with Crippen molar-refractivity contribution in [3.63, 3.8) is 0 Å². The number of aryl methyl sites for hydroxylation is 1. The van der Waals surface area contributed by atoms with E-state index in [1.165, 1.54) is 18.2 Å². The van der Waals surface area contributed by atoms with Gasteiger partial charge in [0.15, 0.2) is 0 Å². The Hall–Kier alpha value is -2.27. The van der Waals surface area contributed by atoms with Gasteiger partial charge in [-0.05, 0) is 62.3 Å². The fourth-order valence-corrected chi connectivity index (χ4v) is 2.37. The Balaban J connectivity index is 2.16. The van der Waals surface area contributed by atoms with Crippen molar-refractivity contribution in [1.82, 2.24) is 10.6 Å². The molecule has 0 atom stereocenters. The van der Waals surface area contributed by atoms with Crippen LogP contribution in [0.3, 0.4) is 0 Å². The van der Waals surface area contributed by atoms with Gasteiger partial charge in [-0.2, -0.15) is 0 Å². The number of benzene rings is 2. The first-order chi connectivity index (χ1) is 11.0. The highest BCUT2D eigenvalue weighted by Gasteiger charge is 2.12. The number of halogens is 2. The van der Waals surface area contributed by atoms with Crippen LogP contribution in [0.2, 0.25) is 0 Å². The molecule has 0 saturated carbocycles. The summed E-state index contributed by atoms with van der Waals surface area (Å²) < 4.78 is 27.5. The van der Waals surface area contributed by atoms with E-state index in [2.05, 4.69) is 10.6 Å². The maximum absolute atomic E-state index is 14.3. The normalized spacial score (nSPS) is 10.6. The molecule has 0 radical (unpaired) electrons. The lowest BCUT2D eigenvalue weighted by Gasteiger charge is -2.10. The van der Waals surface area contributed by atoms with E-state index in [9.17, 15) is 13.6 Å². The average Bonchev–Trinajstić information content (AvgIpc) is 2.52. The van der Waals surface area contributed by atoms with Crippen LogP contribution in [0.15, 0.2) is 36.4 Å². The van der Waals surface area contributed by atoms with Crippen LogP contribution in [-0.2, 0) is 0 Å². The molecule has 0 bridgehead atoms. The number of carbonyl (C=O) groups excluding carboxylic acids is 1. The van der Waals surface area contributed by atoms with Gasteiger partial charge in [-0.1, -0.05) is 12.1 Å². The van der Waals surface area contributed by atoms with Crippen molar-refractivity contribution in [1.29, 1.82) is 0 Å². The molecule has 0 saturated heterocycles. The Labute approximate surface area is 134 Å². The van der Waals surface area contributed by atoms with E-state index in [1.54, 1.807) is 25.1 Å². The van der Waals surface area contributed by atoms with Crippen LogP contribution in [0.4, 0.5) is 8.78 Å². The first-order valence-electron chi connectivity index (χ1n) is 7.52. The van der Waals surface area contributed by atoms with Crippen molar-refractivity contribution in [2.75, 3.05) is 20.1 Å². The highest BCUT2D eigenvalue weighted by molar-refractivity contribution is 5.94. The zero-order chi connectivity index (χ0) is 16.8. The van der Waals surface area contributed by atoms with Crippen LogP contribution in [0.25, 0.3) is 11.1 Å². The van der Waals surface area contributed by atoms with E-state index in [-0.39, 0.29) is 17.3 Å². The van der Waals surface area contributed by atoms with Crippen LogP contribution < -0.4 is 10.6 Å². The third kappa shape index (κ3) is 4.36. The van der Waals surface area contributed by atoms with Gasteiger partial charge in [0.25, 0.3) is 5.91 Å². The minimum atomic E-state index is -0.498. The lowest BCUT2D eigenvalue weighted by Crippen LogP contribution is -2.26. The summed E-state index contributed by atoms with van der Waals surface area (Å²) in [6, 6.07) is 8.54. The summed E-state index contributed by atoms with van der Waals surface area (Å²) in [6.07, 6.45) is 0.803. The highest BCUT2D eigenvalue weighted by Crippen LogP contribution is 2.27. The van der Waals surface area contributed by atoms with E-state index in [1.807, 2.05) is 7.05 Å². The van der Waals surface area contributed by atoms with Gasteiger partial charge in [0, 0.05) is 17.7 Å². The van der Waals surface area contributed by atoms with Crippen LogP contribution >= 0.6 is 0 Å². The van der Waals surface area contributed by atoms with Crippen molar-refractivity contribution in [2.45, 2.75) is 13.3 Å². The van der Waals surface area contributed by atoms with Gasteiger partial charge >= 0.3 is 0 Å². The second kappa shape index (κ2) is 7.83. The minimum Gasteiger partial charge on any atom is -0.352 e. The summed E-state index contributed by atoms with van der Waals surface area (Å²) in [5, 5.41) is 5.73. The topological polar surface area (TPSA) is 41.1 Å². The van der Waals surface area contributed by atoms with Crippen molar-refractivity contribution in [3.8, 4) is 11.1 Å². The molecule has 5 heteroatoms. The van der Waals surface area contributed by atoms with Crippen molar-refractivity contribution in [3.05, 3.63) is 59.2 Å². The Bertz CT molecular complexity index is 701. The monoisotopic (exact) mass is 318 g/mol. The number of carbonyl (C=O) groups is 1. The van der Waals surface area contributed by atoms with Gasteiger partial charge in [-0.3, -0.25) is 4.79 Å². The van der Waals surface area contributed by atoms with E-state index >= 15 is 0 Å². The molecule has 0 unspecified atom stereocenters. The fraction of sp³-hybridized carbons (Fsp3) is 0.278. The number of nitrogens with one attached hydrogen (secondary N) is 2. The first-order valence-corrected chi connectivity index (χ1v) is 7.52. The van der Waals surface area contributed by atoms with Gasteiger partial charge in [-0.15, -0.1) is 0 Å². The lowest BCUT2D eigenvalue weighted by molar-refractivity contribution is 0.0953. The average molecular weight is 318 g/mol. The molecule has 2 aromatic rings. The summed E-state index contributed by atoms with van der Waals surface area (Å²) in [5.74, 6) is -1.16. The van der Waals surface area contributed by atoms with E-state index < -0.39 is 5.82 Å². The third-order valence-electron chi connectivity index (χ3n) is 3.60. The van der Waals surface area contributed by atoms with Crippen molar-refractivity contribution >= 4 is 5.91 Å². The molecule has 0 heterocycles. The summed E-state index contributed by atoms with van der Waals surface area (Å²) >= 11 is 0. The molecule has 0 aliphatic rings. The van der Waals surface area contributed by atoms with E-state index in [0.717, 1.165) is 13.0 Å². The standard InChI is InChI=1S/C18H20F2N2O/c1-12-10-14(19)5-7-15(12)16-6-4-13(11-17(16)20)18(23)22-9-3-8-21-2/h4-7,10-11,21H,3,8-9H2,1-2H3,(H,22,23). The zero-order valence-electron chi connectivity index (χ0n) is 13.2. The lowest BCUT2D eigenvalue weighted by atomic mass is 9.98. The third-order valence-corrected chi connectivity index (χ3v) is 3.60. The second-order valence-corrected chi connectivity index (χ2v) is 5.37. The maximum Gasteiger partial charge on any atom is 0.251 e. The van der Waals surface area contributed by atoms with Crippen LogP contribution in [0, 0.1) is 18.6 Å². The number of rotatable bonds is 6. The fourth-order valence-electron chi connectivity index (χ4n) is 2.37. The van der Waals surface area contributed by atoms with Gasteiger partial charge < -0.3 is 10.6 Å². The Kier molecular flexibility index (Phi) is 5.82. The molecule has 122 valence electrons. The molecule has 0 fully saturated rings. The minimum absolute atomic E-state index is 0.274.